The predicted octanol–water partition coefficient (Wildman–Crippen LogP) is 4.70. The van der Waals surface area contributed by atoms with Crippen LogP contribution in [0.1, 0.15) is 46.3 Å². The van der Waals surface area contributed by atoms with Gasteiger partial charge in [0.25, 0.3) is 0 Å². The van der Waals surface area contributed by atoms with E-state index in [0.29, 0.717) is 0 Å². The molecule has 0 spiro atoms. The van der Waals surface area contributed by atoms with Crippen LogP contribution in [0, 0.1) is 27.7 Å². The second-order valence-electron chi connectivity index (χ2n) is 9.04. The Bertz CT molecular complexity index is 1300. The molecule has 1 amide bonds. The average molecular weight is 495 g/mol. The molecule has 0 aromatic heterocycles. The largest absolute Gasteiger partial charge is 0.495 e. The van der Waals surface area contributed by atoms with Crippen molar-refractivity contribution in [3.05, 3.63) is 94.0 Å². The lowest BCUT2D eigenvalue weighted by molar-refractivity contribution is -0.123. The second-order valence-corrected chi connectivity index (χ2v) is 10.7. The molecule has 0 saturated carbocycles. The summed E-state index contributed by atoms with van der Waals surface area (Å²) in [6, 6.07) is 17.2. The molecule has 3 aromatic carbocycles. The van der Waals surface area contributed by atoms with E-state index in [9.17, 15) is 13.2 Å². The molecule has 0 aliphatic heterocycles. The Hall–Kier alpha value is -3.16. The molecule has 0 heterocycles. The van der Waals surface area contributed by atoms with Crippen molar-refractivity contribution < 1.29 is 17.9 Å². The number of rotatable bonds is 9. The predicted molar refractivity (Wildman–Crippen MR) is 139 cm³/mol. The highest BCUT2D eigenvalue weighted by atomic mass is 32.2. The quantitative estimate of drug-likeness (QED) is 0.452. The molecule has 0 aliphatic carbocycles. The van der Waals surface area contributed by atoms with Crippen molar-refractivity contribution in [2.45, 2.75) is 58.0 Å². The van der Waals surface area contributed by atoms with Crippen molar-refractivity contribution in [2.24, 2.45) is 0 Å². The van der Waals surface area contributed by atoms with E-state index in [4.69, 9.17) is 4.74 Å². The van der Waals surface area contributed by atoms with Gasteiger partial charge in [-0.25, -0.2) is 8.42 Å². The summed E-state index contributed by atoms with van der Waals surface area (Å²) in [6.45, 7) is 9.82. The Morgan fingerprint density at radius 1 is 0.914 bits per heavy atom. The molecule has 0 aliphatic rings. The van der Waals surface area contributed by atoms with Gasteiger partial charge < -0.3 is 10.1 Å². The van der Waals surface area contributed by atoms with Crippen molar-refractivity contribution in [1.82, 2.24) is 10.0 Å². The fourth-order valence-electron chi connectivity index (χ4n) is 4.12. The first-order valence-electron chi connectivity index (χ1n) is 11.6. The molecule has 186 valence electrons. The molecular weight excluding hydrogens is 460 g/mol. The summed E-state index contributed by atoms with van der Waals surface area (Å²) in [5.41, 5.74) is 6.02. The first-order valence-corrected chi connectivity index (χ1v) is 13.1. The van der Waals surface area contributed by atoms with Crippen molar-refractivity contribution in [2.75, 3.05) is 7.11 Å². The third-order valence-electron chi connectivity index (χ3n) is 6.21. The number of ether oxygens (including phenoxy) is 1. The second kappa shape index (κ2) is 11.1. The van der Waals surface area contributed by atoms with E-state index in [1.807, 2.05) is 51.1 Å². The van der Waals surface area contributed by atoms with Gasteiger partial charge in [-0.15, -0.1) is 0 Å². The lowest BCUT2D eigenvalue weighted by Crippen LogP contribution is -2.48. The number of nitrogens with one attached hydrogen (secondary N) is 2. The van der Waals surface area contributed by atoms with Crippen LogP contribution in [0.4, 0.5) is 0 Å². The molecule has 3 rings (SSSR count). The first kappa shape index (κ1) is 26.4. The molecule has 6 nitrogen and oxygen atoms in total. The van der Waals surface area contributed by atoms with E-state index in [-0.39, 0.29) is 23.1 Å². The Kier molecular flexibility index (Phi) is 8.35. The van der Waals surface area contributed by atoms with Crippen LogP contribution >= 0.6 is 0 Å². The van der Waals surface area contributed by atoms with Crippen LogP contribution in [0.2, 0.25) is 0 Å². The maximum absolute atomic E-state index is 13.5. The number of methoxy groups -OCH3 is 1. The van der Waals surface area contributed by atoms with E-state index >= 15 is 0 Å². The zero-order valence-corrected chi connectivity index (χ0v) is 22.0. The van der Waals surface area contributed by atoms with Gasteiger partial charge in [-0.1, -0.05) is 48.5 Å². The molecule has 0 bridgehead atoms. The Labute approximate surface area is 208 Å². The van der Waals surface area contributed by atoms with Crippen LogP contribution in [0.3, 0.4) is 0 Å². The molecule has 0 saturated heterocycles. The van der Waals surface area contributed by atoms with E-state index in [1.165, 1.54) is 12.7 Å². The monoisotopic (exact) mass is 494 g/mol. The first-order chi connectivity index (χ1) is 16.5. The van der Waals surface area contributed by atoms with Crippen LogP contribution in [0.5, 0.6) is 5.75 Å². The summed E-state index contributed by atoms with van der Waals surface area (Å²) >= 11 is 0. The van der Waals surface area contributed by atoms with Gasteiger partial charge in [0.2, 0.25) is 15.9 Å². The SMILES string of the molecule is COc1ccc(C)cc1S(=O)(=O)N[C@H](Cc1ccccc1)C(=O)N[C@H](C)c1cc(C)c(C)cc1C. The lowest BCUT2D eigenvalue weighted by atomic mass is 9.96. The zero-order valence-electron chi connectivity index (χ0n) is 21.2. The van der Waals surface area contributed by atoms with E-state index in [0.717, 1.165) is 27.8 Å². The fraction of sp³-hybridized carbons (Fsp3) is 0.321. The number of amides is 1. The number of sulfonamides is 1. The van der Waals surface area contributed by atoms with Gasteiger partial charge in [0.15, 0.2) is 0 Å². The maximum Gasteiger partial charge on any atom is 0.244 e. The van der Waals surface area contributed by atoms with Crippen LogP contribution in [0.15, 0.2) is 65.6 Å². The van der Waals surface area contributed by atoms with E-state index in [1.54, 1.807) is 25.1 Å². The highest BCUT2D eigenvalue weighted by molar-refractivity contribution is 7.89. The normalized spacial score (nSPS) is 13.2. The number of aryl methyl sites for hydroxylation is 4. The minimum absolute atomic E-state index is 0.00362. The third-order valence-corrected chi connectivity index (χ3v) is 7.71. The van der Waals surface area contributed by atoms with E-state index < -0.39 is 22.0 Å². The smallest absolute Gasteiger partial charge is 0.244 e. The van der Waals surface area contributed by atoms with Gasteiger partial charge in [0.05, 0.1) is 13.2 Å². The molecule has 2 atom stereocenters. The van der Waals surface area contributed by atoms with Gasteiger partial charge in [0, 0.05) is 0 Å². The maximum atomic E-state index is 13.5. The Balaban J connectivity index is 1.92. The Morgan fingerprint density at radius 3 is 2.23 bits per heavy atom. The van der Waals surface area contributed by atoms with Crippen molar-refractivity contribution in [1.29, 1.82) is 0 Å². The summed E-state index contributed by atoms with van der Waals surface area (Å²) in [6.07, 6.45) is 0.207. The molecular formula is C28H34N2O4S. The molecule has 7 heteroatoms. The summed E-state index contributed by atoms with van der Waals surface area (Å²) in [5, 5.41) is 3.02. The van der Waals surface area contributed by atoms with Gasteiger partial charge in [-0.3, -0.25) is 4.79 Å². The molecule has 0 fully saturated rings. The van der Waals surface area contributed by atoms with Gasteiger partial charge in [-0.05, 0) is 86.6 Å². The summed E-state index contributed by atoms with van der Waals surface area (Å²) in [7, 11) is -2.62. The molecule has 2 N–H and O–H groups in total. The van der Waals surface area contributed by atoms with Crippen LogP contribution in [-0.2, 0) is 21.2 Å². The number of hydrogen-bond donors (Lipinski definition) is 2. The number of carbonyl (C=O) groups excluding carboxylic acids is 1. The van der Waals surface area contributed by atoms with Gasteiger partial charge >= 0.3 is 0 Å². The van der Waals surface area contributed by atoms with Crippen LogP contribution in [0.25, 0.3) is 0 Å². The molecule has 3 aromatic rings. The number of carbonyl (C=O) groups is 1. The van der Waals surface area contributed by atoms with Crippen molar-refractivity contribution in [3.63, 3.8) is 0 Å². The number of benzene rings is 3. The van der Waals surface area contributed by atoms with E-state index in [2.05, 4.69) is 29.1 Å². The van der Waals surface area contributed by atoms with Crippen molar-refractivity contribution in [3.8, 4) is 5.75 Å². The fourth-order valence-corrected chi connectivity index (χ4v) is 5.57. The summed E-state index contributed by atoms with van der Waals surface area (Å²) < 4.78 is 34.7. The van der Waals surface area contributed by atoms with Gasteiger partial charge in [-0.2, -0.15) is 4.72 Å². The number of hydrogen-bond acceptors (Lipinski definition) is 4. The lowest BCUT2D eigenvalue weighted by Gasteiger charge is -2.23. The molecule has 0 unspecified atom stereocenters. The molecule has 35 heavy (non-hydrogen) atoms. The topological polar surface area (TPSA) is 84.5 Å². The minimum Gasteiger partial charge on any atom is -0.495 e. The minimum atomic E-state index is -4.05. The summed E-state index contributed by atoms with van der Waals surface area (Å²) in [5.74, 6) is -0.171. The highest BCUT2D eigenvalue weighted by Crippen LogP contribution is 2.26. The Morgan fingerprint density at radius 2 is 1.57 bits per heavy atom. The van der Waals surface area contributed by atoms with Crippen molar-refractivity contribution >= 4 is 15.9 Å². The van der Waals surface area contributed by atoms with Gasteiger partial charge in [0.1, 0.15) is 16.7 Å². The molecule has 0 radical (unpaired) electrons. The average Bonchev–Trinajstić information content (AvgIpc) is 2.81. The van der Waals surface area contributed by atoms with Crippen LogP contribution < -0.4 is 14.8 Å². The zero-order chi connectivity index (χ0) is 25.8. The highest BCUT2D eigenvalue weighted by Gasteiger charge is 2.29. The summed E-state index contributed by atoms with van der Waals surface area (Å²) in [4.78, 5) is 13.5. The third kappa shape index (κ3) is 6.50. The standard InChI is InChI=1S/C28H34N2O4S/c1-18-12-13-26(34-6)27(14-18)35(32,33)30-25(17-23-10-8-7-9-11-23)28(31)29-22(5)24-16-20(3)19(2)15-21(24)4/h7-16,22,25,30H,17H2,1-6H3,(H,29,31)/t22-,25-/m1/s1. The van der Waals surface area contributed by atoms with Crippen LogP contribution in [-0.4, -0.2) is 27.5 Å².